The molecular formula is C22H27N7O. The van der Waals surface area contributed by atoms with Crippen LogP contribution in [-0.2, 0) is 11.3 Å². The molecule has 0 aliphatic heterocycles. The van der Waals surface area contributed by atoms with Crippen LogP contribution in [0.3, 0.4) is 0 Å². The molecule has 8 nitrogen and oxygen atoms in total. The van der Waals surface area contributed by atoms with Crippen molar-refractivity contribution >= 4 is 22.9 Å². The number of anilines is 1. The second-order valence-corrected chi connectivity index (χ2v) is 7.48. The largest absolute Gasteiger partial charge is 0.327 e. The van der Waals surface area contributed by atoms with Crippen LogP contribution in [0.15, 0.2) is 30.5 Å². The predicted octanol–water partition coefficient (Wildman–Crippen LogP) is 3.09. The second kappa shape index (κ2) is 9.46. The highest BCUT2D eigenvalue weighted by molar-refractivity contribution is 5.88. The van der Waals surface area contributed by atoms with Gasteiger partial charge in [0.1, 0.15) is 11.7 Å². The Kier molecular flexibility index (Phi) is 6.75. The number of nitriles is 1. The number of imidazole rings is 1. The molecule has 2 aromatic heterocycles. The van der Waals surface area contributed by atoms with Crippen molar-refractivity contribution < 1.29 is 4.79 Å². The lowest BCUT2D eigenvalue weighted by Gasteiger charge is -2.14. The molecule has 2 heterocycles. The number of nitrogens with zero attached hydrogens (tertiary/aromatic N) is 6. The van der Waals surface area contributed by atoms with Gasteiger partial charge in [-0.05, 0) is 58.6 Å². The fraction of sp³-hybridized carbons (Fsp3) is 0.409. The summed E-state index contributed by atoms with van der Waals surface area (Å²) in [7, 11) is 3.94. The zero-order chi connectivity index (χ0) is 21.7. The molecule has 3 rings (SSSR count). The molecule has 0 fully saturated rings. The third kappa shape index (κ3) is 4.63. The fourth-order valence-corrected chi connectivity index (χ4v) is 3.44. The van der Waals surface area contributed by atoms with E-state index in [1.54, 1.807) is 6.20 Å². The first kappa shape index (κ1) is 21.4. The minimum atomic E-state index is -0.662. The molecule has 3 aromatic rings. The normalized spacial score (nSPS) is 12.1. The maximum absolute atomic E-state index is 12.2. The molecule has 30 heavy (non-hydrogen) atoms. The van der Waals surface area contributed by atoms with Crippen LogP contribution in [0.5, 0.6) is 0 Å². The van der Waals surface area contributed by atoms with Gasteiger partial charge in [-0.2, -0.15) is 5.26 Å². The molecule has 0 saturated carbocycles. The summed E-state index contributed by atoms with van der Waals surface area (Å²) >= 11 is 0. The molecule has 0 aliphatic rings. The van der Waals surface area contributed by atoms with Gasteiger partial charge in [-0.15, -0.1) is 0 Å². The molecule has 1 amide bonds. The van der Waals surface area contributed by atoms with Crippen molar-refractivity contribution in [1.29, 1.82) is 5.26 Å². The minimum Gasteiger partial charge on any atom is -0.327 e. The lowest BCUT2D eigenvalue weighted by atomic mass is 10.0. The van der Waals surface area contributed by atoms with Crippen LogP contribution in [0.4, 0.5) is 5.95 Å². The Bertz CT molecular complexity index is 1080. The lowest BCUT2D eigenvalue weighted by Crippen LogP contribution is -2.19. The Morgan fingerprint density at radius 3 is 2.77 bits per heavy atom. The smallest absolute Gasteiger partial charge is 0.229 e. The van der Waals surface area contributed by atoms with Crippen LogP contribution in [0, 0.1) is 18.3 Å². The summed E-state index contributed by atoms with van der Waals surface area (Å²) in [5.41, 5.74) is 3.16. The van der Waals surface area contributed by atoms with Gasteiger partial charge in [-0.25, -0.2) is 15.0 Å². The third-order valence-electron chi connectivity index (χ3n) is 4.93. The Labute approximate surface area is 176 Å². The van der Waals surface area contributed by atoms with E-state index in [0.29, 0.717) is 24.5 Å². The summed E-state index contributed by atoms with van der Waals surface area (Å²) in [4.78, 5) is 27.7. The number of benzene rings is 1. The molecule has 0 aliphatic carbocycles. The quantitative estimate of drug-likeness (QED) is 0.618. The maximum atomic E-state index is 12.2. The van der Waals surface area contributed by atoms with Crippen LogP contribution in [0.25, 0.3) is 11.0 Å². The topological polar surface area (TPSA) is 99.7 Å². The van der Waals surface area contributed by atoms with Gasteiger partial charge in [0, 0.05) is 19.2 Å². The number of aryl methyl sites for hydroxylation is 2. The number of carbonyl (C=O) groups excluding carboxylic acids is 1. The molecule has 1 N–H and O–H groups in total. The Hall–Kier alpha value is -3.31. The zero-order valence-electron chi connectivity index (χ0n) is 17.9. The molecule has 8 heteroatoms. The van der Waals surface area contributed by atoms with Crippen molar-refractivity contribution in [3.8, 4) is 6.07 Å². The minimum absolute atomic E-state index is 0.138. The molecular weight excluding hydrogens is 378 g/mol. The highest BCUT2D eigenvalue weighted by Gasteiger charge is 2.25. The van der Waals surface area contributed by atoms with E-state index in [4.69, 9.17) is 4.98 Å². The number of para-hydroxylation sites is 2. The van der Waals surface area contributed by atoms with E-state index in [1.165, 1.54) is 0 Å². The van der Waals surface area contributed by atoms with E-state index in [-0.39, 0.29) is 11.9 Å². The van der Waals surface area contributed by atoms with Crippen LogP contribution < -0.4 is 5.32 Å². The lowest BCUT2D eigenvalue weighted by molar-refractivity contribution is -0.116. The third-order valence-corrected chi connectivity index (χ3v) is 4.93. The van der Waals surface area contributed by atoms with E-state index in [2.05, 4.69) is 21.4 Å². The standard InChI is InChI=1S/C22H27N7O/c1-5-29-18-10-7-6-9-17(18)25-21(29)16(13-23)20-15(2)14-24-22(27-20)26-19(30)11-8-12-28(3)4/h6-7,9-10,14,16H,5,8,11-12H2,1-4H3,(H,24,26,27,30). The van der Waals surface area contributed by atoms with Gasteiger partial charge in [-0.3, -0.25) is 10.1 Å². The predicted molar refractivity (Wildman–Crippen MR) is 116 cm³/mol. The van der Waals surface area contributed by atoms with Gasteiger partial charge < -0.3 is 9.47 Å². The average Bonchev–Trinajstić information content (AvgIpc) is 3.08. The van der Waals surface area contributed by atoms with E-state index in [1.807, 2.05) is 61.7 Å². The Morgan fingerprint density at radius 1 is 1.30 bits per heavy atom. The van der Waals surface area contributed by atoms with Gasteiger partial charge in [0.25, 0.3) is 0 Å². The first-order chi connectivity index (χ1) is 14.4. The van der Waals surface area contributed by atoms with Crippen molar-refractivity contribution in [1.82, 2.24) is 24.4 Å². The van der Waals surface area contributed by atoms with Crippen LogP contribution in [-0.4, -0.2) is 51.0 Å². The molecule has 156 valence electrons. The zero-order valence-corrected chi connectivity index (χ0v) is 17.9. The van der Waals surface area contributed by atoms with Crippen molar-refractivity contribution in [2.45, 2.75) is 39.2 Å². The van der Waals surface area contributed by atoms with Crippen molar-refractivity contribution in [2.24, 2.45) is 0 Å². The van der Waals surface area contributed by atoms with Gasteiger partial charge in [0.2, 0.25) is 11.9 Å². The van der Waals surface area contributed by atoms with Crippen molar-refractivity contribution in [2.75, 3.05) is 26.0 Å². The van der Waals surface area contributed by atoms with Gasteiger partial charge >= 0.3 is 0 Å². The van der Waals surface area contributed by atoms with Crippen LogP contribution >= 0.6 is 0 Å². The SMILES string of the molecule is CCn1c(C(C#N)c2nc(NC(=O)CCCN(C)C)ncc2C)nc2ccccc21. The van der Waals surface area contributed by atoms with Gasteiger partial charge in [-0.1, -0.05) is 12.1 Å². The number of hydrogen-bond donors (Lipinski definition) is 1. The molecule has 0 bridgehead atoms. The number of hydrogen-bond acceptors (Lipinski definition) is 6. The number of carbonyl (C=O) groups is 1. The van der Waals surface area contributed by atoms with Crippen molar-refractivity contribution in [3.63, 3.8) is 0 Å². The Balaban J connectivity index is 1.90. The summed E-state index contributed by atoms with van der Waals surface area (Å²) in [5, 5.41) is 12.7. The number of amides is 1. The van der Waals surface area contributed by atoms with E-state index < -0.39 is 5.92 Å². The summed E-state index contributed by atoms with van der Waals surface area (Å²) in [6, 6.07) is 10.2. The van der Waals surface area contributed by atoms with E-state index in [0.717, 1.165) is 29.6 Å². The summed E-state index contributed by atoms with van der Waals surface area (Å²) in [6.07, 6.45) is 2.78. The number of nitrogens with one attached hydrogen (secondary N) is 1. The Morgan fingerprint density at radius 2 is 2.07 bits per heavy atom. The molecule has 1 aromatic carbocycles. The van der Waals surface area contributed by atoms with Gasteiger partial charge in [0.05, 0.1) is 22.8 Å². The molecule has 0 spiro atoms. The average molecular weight is 406 g/mol. The highest BCUT2D eigenvalue weighted by Crippen LogP contribution is 2.28. The molecule has 0 saturated heterocycles. The second-order valence-electron chi connectivity index (χ2n) is 7.48. The first-order valence-corrected chi connectivity index (χ1v) is 10.1. The number of rotatable bonds is 8. The first-order valence-electron chi connectivity index (χ1n) is 10.1. The summed E-state index contributed by atoms with van der Waals surface area (Å²) in [6.45, 7) is 5.41. The molecule has 1 atom stereocenters. The summed E-state index contributed by atoms with van der Waals surface area (Å²) in [5.74, 6) is 0.0572. The monoisotopic (exact) mass is 405 g/mol. The maximum Gasteiger partial charge on any atom is 0.229 e. The fourth-order valence-electron chi connectivity index (χ4n) is 3.44. The van der Waals surface area contributed by atoms with Crippen LogP contribution in [0.2, 0.25) is 0 Å². The molecule has 1 unspecified atom stereocenters. The molecule has 0 radical (unpaired) electrons. The van der Waals surface area contributed by atoms with E-state index >= 15 is 0 Å². The highest BCUT2D eigenvalue weighted by atomic mass is 16.1. The number of aromatic nitrogens is 4. The number of fused-ring (bicyclic) bond motifs is 1. The summed E-state index contributed by atoms with van der Waals surface area (Å²) < 4.78 is 2.03. The van der Waals surface area contributed by atoms with Crippen LogP contribution in [0.1, 0.15) is 42.8 Å². The van der Waals surface area contributed by atoms with Gasteiger partial charge in [0.15, 0.2) is 0 Å². The van der Waals surface area contributed by atoms with Crippen molar-refractivity contribution in [3.05, 3.63) is 47.5 Å². The van der Waals surface area contributed by atoms with E-state index in [9.17, 15) is 10.1 Å².